The number of nitrogens with zero attached hydrogens (tertiary/aromatic N) is 3. The Labute approximate surface area is 156 Å². The normalized spacial score (nSPS) is 14.3. The van der Waals surface area contributed by atoms with E-state index in [0.29, 0.717) is 0 Å². The second-order valence-corrected chi connectivity index (χ2v) is 5.60. The standard InChI is InChI=1S/C17H26N4O.HI/c1-3-18-17(19-13-16(22)21-11-7-8-12-21)20(2)14-15-9-5-4-6-10-15;/h4-6,9-10H,3,7-8,11-14H2,1-2H3,(H,18,19);1H. The van der Waals surface area contributed by atoms with Crippen molar-refractivity contribution in [1.82, 2.24) is 15.1 Å². The van der Waals surface area contributed by atoms with Crippen LogP contribution in [0.15, 0.2) is 35.3 Å². The summed E-state index contributed by atoms with van der Waals surface area (Å²) in [4.78, 5) is 20.6. The summed E-state index contributed by atoms with van der Waals surface area (Å²) in [6.07, 6.45) is 2.23. The van der Waals surface area contributed by atoms with E-state index in [9.17, 15) is 4.79 Å². The predicted molar refractivity (Wildman–Crippen MR) is 105 cm³/mol. The van der Waals surface area contributed by atoms with Gasteiger partial charge in [0.15, 0.2) is 5.96 Å². The van der Waals surface area contributed by atoms with Gasteiger partial charge in [0.2, 0.25) is 5.91 Å². The van der Waals surface area contributed by atoms with Crippen molar-refractivity contribution in [1.29, 1.82) is 0 Å². The quantitative estimate of drug-likeness (QED) is 0.443. The van der Waals surface area contributed by atoms with Crippen LogP contribution in [-0.2, 0) is 11.3 Å². The third-order valence-corrected chi connectivity index (χ3v) is 3.78. The van der Waals surface area contributed by atoms with Gasteiger partial charge in [-0.2, -0.15) is 0 Å². The minimum atomic E-state index is 0. The van der Waals surface area contributed by atoms with Gasteiger partial charge in [0.05, 0.1) is 0 Å². The Hall–Kier alpha value is -1.31. The third kappa shape index (κ3) is 6.37. The number of guanidine groups is 1. The Bertz CT molecular complexity index is 501. The van der Waals surface area contributed by atoms with Gasteiger partial charge < -0.3 is 15.1 Å². The fourth-order valence-corrected chi connectivity index (χ4v) is 2.61. The molecule has 0 aliphatic carbocycles. The Morgan fingerprint density at radius 2 is 1.91 bits per heavy atom. The number of benzene rings is 1. The van der Waals surface area contributed by atoms with Crippen molar-refractivity contribution < 1.29 is 4.79 Å². The van der Waals surface area contributed by atoms with Crippen LogP contribution in [0.2, 0.25) is 0 Å². The van der Waals surface area contributed by atoms with Crippen LogP contribution in [0.25, 0.3) is 0 Å². The molecule has 128 valence electrons. The van der Waals surface area contributed by atoms with Crippen LogP contribution in [0, 0.1) is 0 Å². The van der Waals surface area contributed by atoms with Gasteiger partial charge in [-0.05, 0) is 25.3 Å². The molecule has 0 radical (unpaired) electrons. The third-order valence-electron chi connectivity index (χ3n) is 3.78. The molecule has 2 rings (SSSR count). The van der Waals surface area contributed by atoms with E-state index in [-0.39, 0.29) is 36.4 Å². The number of amides is 1. The average Bonchev–Trinajstić information content (AvgIpc) is 3.06. The van der Waals surface area contributed by atoms with E-state index in [2.05, 4.69) is 27.3 Å². The summed E-state index contributed by atoms with van der Waals surface area (Å²) in [6.45, 7) is 5.57. The molecule has 0 unspecified atom stereocenters. The lowest BCUT2D eigenvalue weighted by Gasteiger charge is -2.22. The molecule has 0 bridgehead atoms. The van der Waals surface area contributed by atoms with Crippen molar-refractivity contribution in [2.75, 3.05) is 33.2 Å². The Kier molecular flexibility index (Phi) is 8.98. The van der Waals surface area contributed by atoms with E-state index < -0.39 is 0 Å². The van der Waals surface area contributed by atoms with Gasteiger partial charge in [0, 0.05) is 33.2 Å². The lowest BCUT2D eigenvalue weighted by Crippen LogP contribution is -2.39. The number of carbonyl (C=O) groups is 1. The van der Waals surface area contributed by atoms with Crippen LogP contribution in [0.4, 0.5) is 0 Å². The van der Waals surface area contributed by atoms with Crippen LogP contribution in [-0.4, -0.2) is 54.9 Å². The number of hydrogen-bond acceptors (Lipinski definition) is 2. The number of rotatable bonds is 5. The zero-order chi connectivity index (χ0) is 15.8. The zero-order valence-electron chi connectivity index (χ0n) is 14.0. The smallest absolute Gasteiger partial charge is 0.244 e. The average molecular weight is 430 g/mol. The molecule has 0 spiro atoms. The molecule has 1 aromatic carbocycles. The van der Waals surface area contributed by atoms with Gasteiger partial charge in [-0.1, -0.05) is 30.3 Å². The van der Waals surface area contributed by atoms with Crippen LogP contribution < -0.4 is 5.32 Å². The van der Waals surface area contributed by atoms with Crippen LogP contribution in [0.3, 0.4) is 0 Å². The number of carbonyl (C=O) groups excluding carboxylic acids is 1. The molecule has 1 aliphatic rings. The number of nitrogens with one attached hydrogen (secondary N) is 1. The van der Waals surface area contributed by atoms with E-state index in [1.165, 1.54) is 5.56 Å². The van der Waals surface area contributed by atoms with Gasteiger partial charge in [0.1, 0.15) is 6.54 Å². The second-order valence-electron chi connectivity index (χ2n) is 5.60. The van der Waals surface area contributed by atoms with Crippen molar-refractivity contribution in [3.8, 4) is 0 Å². The number of likely N-dealkylation sites (tertiary alicyclic amines) is 1. The summed E-state index contributed by atoms with van der Waals surface area (Å²) in [6, 6.07) is 10.3. The summed E-state index contributed by atoms with van der Waals surface area (Å²) in [7, 11) is 1.99. The molecular weight excluding hydrogens is 403 g/mol. The molecule has 0 atom stereocenters. The van der Waals surface area contributed by atoms with Crippen molar-refractivity contribution >= 4 is 35.8 Å². The first kappa shape index (κ1) is 19.7. The van der Waals surface area contributed by atoms with E-state index in [1.54, 1.807) is 0 Å². The molecule has 1 N–H and O–H groups in total. The van der Waals surface area contributed by atoms with Crippen LogP contribution >= 0.6 is 24.0 Å². The molecule has 0 saturated carbocycles. The summed E-state index contributed by atoms with van der Waals surface area (Å²) < 4.78 is 0. The first-order valence-electron chi connectivity index (χ1n) is 8.02. The van der Waals surface area contributed by atoms with E-state index in [1.807, 2.05) is 37.1 Å². The number of aliphatic imine (C=N–C) groups is 1. The van der Waals surface area contributed by atoms with E-state index in [0.717, 1.165) is 45.0 Å². The minimum absolute atomic E-state index is 0. The maximum Gasteiger partial charge on any atom is 0.244 e. The Balaban J connectivity index is 0.00000264. The van der Waals surface area contributed by atoms with Gasteiger partial charge in [-0.15, -0.1) is 24.0 Å². The van der Waals surface area contributed by atoms with Crippen LogP contribution in [0.1, 0.15) is 25.3 Å². The molecule has 0 aromatic heterocycles. The molecule has 1 aromatic rings. The molecule has 1 saturated heterocycles. The van der Waals surface area contributed by atoms with Crippen molar-refractivity contribution in [2.45, 2.75) is 26.3 Å². The fourth-order valence-electron chi connectivity index (χ4n) is 2.61. The van der Waals surface area contributed by atoms with Gasteiger partial charge >= 0.3 is 0 Å². The van der Waals surface area contributed by atoms with Crippen molar-refractivity contribution in [3.63, 3.8) is 0 Å². The first-order valence-corrected chi connectivity index (χ1v) is 8.02. The Morgan fingerprint density at radius 1 is 1.26 bits per heavy atom. The minimum Gasteiger partial charge on any atom is -0.357 e. The molecule has 23 heavy (non-hydrogen) atoms. The summed E-state index contributed by atoms with van der Waals surface area (Å²) in [5.41, 5.74) is 1.22. The Morgan fingerprint density at radius 3 is 2.52 bits per heavy atom. The number of hydrogen-bond donors (Lipinski definition) is 1. The topological polar surface area (TPSA) is 47.9 Å². The highest BCUT2D eigenvalue weighted by Gasteiger charge is 2.17. The molecule has 1 aliphatic heterocycles. The maximum atomic E-state index is 12.1. The largest absolute Gasteiger partial charge is 0.357 e. The predicted octanol–water partition coefficient (Wildman–Crippen LogP) is 2.32. The summed E-state index contributed by atoms with van der Waals surface area (Å²) in [5, 5.41) is 3.25. The molecule has 1 amide bonds. The van der Waals surface area contributed by atoms with Crippen molar-refractivity contribution in [2.24, 2.45) is 4.99 Å². The molecule has 1 heterocycles. The molecular formula is C17H27IN4O. The van der Waals surface area contributed by atoms with E-state index >= 15 is 0 Å². The number of halogens is 1. The highest BCUT2D eigenvalue weighted by atomic mass is 127. The molecule has 5 nitrogen and oxygen atoms in total. The monoisotopic (exact) mass is 430 g/mol. The summed E-state index contributed by atoms with van der Waals surface area (Å²) >= 11 is 0. The van der Waals surface area contributed by atoms with Crippen LogP contribution in [0.5, 0.6) is 0 Å². The van der Waals surface area contributed by atoms with Crippen molar-refractivity contribution in [3.05, 3.63) is 35.9 Å². The SMILES string of the molecule is CCNC(=NCC(=O)N1CCCC1)N(C)Cc1ccccc1.I. The highest BCUT2D eigenvalue weighted by molar-refractivity contribution is 14.0. The zero-order valence-corrected chi connectivity index (χ0v) is 16.3. The fraction of sp³-hybridized carbons (Fsp3) is 0.529. The van der Waals surface area contributed by atoms with Gasteiger partial charge in [-0.25, -0.2) is 4.99 Å². The lowest BCUT2D eigenvalue weighted by molar-refractivity contribution is -0.128. The molecule has 1 fully saturated rings. The highest BCUT2D eigenvalue weighted by Crippen LogP contribution is 2.07. The second kappa shape index (κ2) is 10.5. The van der Waals surface area contributed by atoms with Gasteiger partial charge in [-0.3, -0.25) is 4.79 Å². The lowest BCUT2D eigenvalue weighted by atomic mass is 10.2. The van der Waals surface area contributed by atoms with Gasteiger partial charge in [0.25, 0.3) is 0 Å². The molecule has 6 heteroatoms. The van der Waals surface area contributed by atoms with E-state index in [4.69, 9.17) is 0 Å². The summed E-state index contributed by atoms with van der Waals surface area (Å²) in [5.74, 6) is 0.903. The first-order chi connectivity index (χ1) is 10.7. The maximum absolute atomic E-state index is 12.1.